The Kier molecular flexibility index (Phi) is 3.95. The minimum absolute atomic E-state index is 0.189. The molecule has 0 spiro atoms. The summed E-state index contributed by atoms with van der Waals surface area (Å²) in [7, 11) is -2.78. The molecule has 14 heavy (non-hydrogen) atoms. The van der Waals surface area contributed by atoms with Crippen molar-refractivity contribution in [2.75, 3.05) is 11.5 Å². The van der Waals surface area contributed by atoms with E-state index in [0.717, 1.165) is 12.8 Å². The number of rotatable bonds is 4. The fraction of sp³-hybridized carbons (Fsp3) is 1.00. The second-order valence-corrected chi connectivity index (χ2v) is 7.02. The molecule has 1 aliphatic rings. The van der Waals surface area contributed by atoms with Crippen molar-refractivity contribution in [3.8, 4) is 0 Å². The predicted octanol–water partition coefficient (Wildman–Crippen LogP) is 1.22. The standard InChI is InChI=1S/C10H20O3S/c1-8(2)5-10(11)6-9-3-4-14(12,13)7-9/h8-11H,3-7H2,1-2H3. The lowest BCUT2D eigenvalue weighted by Gasteiger charge is -2.16. The highest BCUT2D eigenvalue weighted by atomic mass is 32.2. The van der Waals surface area contributed by atoms with Gasteiger partial charge in [0, 0.05) is 0 Å². The monoisotopic (exact) mass is 220 g/mol. The van der Waals surface area contributed by atoms with Crippen molar-refractivity contribution in [2.24, 2.45) is 11.8 Å². The topological polar surface area (TPSA) is 54.4 Å². The smallest absolute Gasteiger partial charge is 0.150 e. The van der Waals surface area contributed by atoms with Crippen LogP contribution in [0.2, 0.25) is 0 Å². The molecule has 1 rings (SSSR count). The van der Waals surface area contributed by atoms with Gasteiger partial charge in [0.2, 0.25) is 0 Å². The minimum atomic E-state index is -2.78. The van der Waals surface area contributed by atoms with E-state index < -0.39 is 9.84 Å². The average Bonchev–Trinajstić information content (AvgIpc) is 2.27. The van der Waals surface area contributed by atoms with Crippen LogP contribution in [0.1, 0.15) is 33.1 Å². The van der Waals surface area contributed by atoms with Crippen LogP contribution >= 0.6 is 0 Å². The van der Waals surface area contributed by atoms with Crippen LogP contribution in [0, 0.1) is 11.8 Å². The van der Waals surface area contributed by atoms with Crippen molar-refractivity contribution >= 4 is 9.84 Å². The average molecular weight is 220 g/mol. The van der Waals surface area contributed by atoms with E-state index >= 15 is 0 Å². The molecule has 0 saturated carbocycles. The number of hydrogen-bond acceptors (Lipinski definition) is 3. The molecule has 2 unspecified atom stereocenters. The largest absolute Gasteiger partial charge is 0.393 e. The molecule has 3 nitrogen and oxygen atoms in total. The van der Waals surface area contributed by atoms with Gasteiger partial charge in [-0.3, -0.25) is 0 Å². The Bertz CT molecular complexity index is 269. The van der Waals surface area contributed by atoms with Crippen LogP contribution in [0.3, 0.4) is 0 Å². The molecule has 2 atom stereocenters. The molecule has 1 fully saturated rings. The summed E-state index contributed by atoms with van der Waals surface area (Å²) < 4.78 is 22.3. The maximum Gasteiger partial charge on any atom is 0.150 e. The lowest BCUT2D eigenvalue weighted by molar-refractivity contribution is 0.123. The lowest BCUT2D eigenvalue weighted by Crippen LogP contribution is -2.16. The Labute approximate surface area is 86.4 Å². The summed E-state index contributed by atoms with van der Waals surface area (Å²) in [5.74, 6) is 1.26. The number of hydrogen-bond donors (Lipinski definition) is 1. The highest BCUT2D eigenvalue weighted by Crippen LogP contribution is 2.24. The summed E-state index contributed by atoms with van der Waals surface area (Å²) in [6.07, 6.45) is 1.83. The molecular formula is C10H20O3S. The third-order valence-corrected chi connectivity index (χ3v) is 4.51. The number of sulfone groups is 1. The maximum absolute atomic E-state index is 11.2. The summed E-state index contributed by atoms with van der Waals surface area (Å²) in [5, 5.41) is 9.66. The van der Waals surface area contributed by atoms with Crippen molar-refractivity contribution in [3.63, 3.8) is 0 Å². The van der Waals surface area contributed by atoms with E-state index in [0.29, 0.717) is 18.1 Å². The van der Waals surface area contributed by atoms with E-state index in [2.05, 4.69) is 13.8 Å². The van der Waals surface area contributed by atoms with Crippen molar-refractivity contribution < 1.29 is 13.5 Å². The Morgan fingerprint density at radius 3 is 2.50 bits per heavy atom. The van der Waals surface area contributed by atoms with Gasteiger partial charge in [-0.05, 0) is 31.1 Å². The molecule has 1 aliphatic heterocycles. The van der Waals surface area contributed by atoms with E-state index in [9.17, 15) is 13.5 Å². The summed E-state index contributed by atoms with van der Waals surface area (Å²) in [6.45, 7) is 4.13. The molecule has 1 N–H and O–H groups in total. The summed E-state index contributed by atoms with van der Waals surface area (Å²) in [6, 6.07) is 0. The Morgan fingerprint density at radius 1 is 1.43 bits per heavy atom. The molecule has 84 valence electrons. The highest BCUT2D eigenvalue weighted by molar-refractivity contribution is 7.91. The Morgan fingerprint density at radius 2 is 2.07 bits per heavy atom. The maximum atomic E-state index is 11.2. The van der Waals surface area contributed by atoms with E-state index in [1.807, 2.05) is 0 Å². The van der Waals surface area contributed by atoms with Gasteiger partial charge in [-0.2, -0.15) is 0 Å². The van der Waals surface area contributed by atoms with Gasteiger partial charge in [0.25, 0.3) is 0 Å². The first-order valence-corrected chi connectivity index (χ1v) is 7.09. The summed E-state index contributed by atoms with van der Waals surface area (Å²) in [4.78, 5) is 0. The van der Waals surface area contributed by atoms with Crippen molar-refractivity contribution in [1.29, 1.82) is 0 Å². The van der Waals surface area contributed by atoms with E-state index in [1.54, 1.807) is 0 Å². The zero-order valence-corrected chi connectivity index (χ0v) is 9.76. The molecule has 0 amide bonds. The molecule has 0 aromatic rings. The second kappa shape index (κ2) is 4.62. The normalized spacial score (nSPS) is 28.1. The van der Waals surface area contributed by atoms with Gasteiger partial charge in [0.15, 0.2) is 9.84 Å². The Hall–Kier alpha value is -0.0900. The number of aliphatic hydroxyl groups is 1. The van der Waals surface area contributed by atoms with Gasteiger partial charge in [0.05, 0.1) is 17.6 Å². The zero-order chi connectivity index (χ0) is 10.8. The van der Waals surface area contributed by atoms with E-state index in [-0.39, 0.29) is 17.8 Å². The quantitative estimate of drug-likeness (QED) is 0.775. The first-order chi connectivity index (χ1) is 6.39. The van der Waals surface area contributed by atoms with Crippen LogP contribution in [-0.2, 0) is 9.84 Å². The van der Waals surface area contributed by atoms with Crippen LogP contribution in [0.5, 0.6) is 0 Å². The fourth-order valence-electron chi connectivity index (χ4n) is 2.08. The second-order valence-electron chi connectivity index (χ2n) is 4.79. The molecule has 0 aromatic heterocycles. The molecule has 0 bridgehead atoms. The lowest BCUT2D eigenvalue weighted by atomic mass is 9.95. The molecule has 0 radical (unpaired) electrons. The molecular weight excluding hydrogens is 200 g/mol. The molecule has 0 aromatic carbocycles. The predicted molar refractivity (Wildman–Crippen MR) is 56.8 cm³/mol. The van der Waals surface area contributed by atoms with Gasteiger partial charge in [0.1, 0.15) is 0 Å². The van der Waals surface area contributed by atoms with Crippen molar-refractivity contribution in [3.05, 3.63) is 0 Å². The van der Waals surface area contributed by atoms with Gasteiger partial charge in [-0.25, -0.2) is 8.42 Å². The van der Waals surface area contributed by atoms with Crippen molar-refractivity contribution in [1.82, 2.24) is 0 Å². The van der Waals surface area contributed by atoms with Crippen LogP contribution in [-0.4, -0.2) is 31.1 Å². The van der Waals surface area contributed by atoms with E-state index in [1.165, 1.54) is 0 Å². The third kappa shape index (κ3) is 3.96. The van der Waals surface area contributed by atoms with Crippen LogP contribution in [0.15, 0.2) is 0 Å². The van der Waals surface area contributed by atoms with Crippen LogP contribution < -0.4 is 0 Å². The third-order valence-electron chi connectivity index (χ3n) is 2.68. The molecule has 1 saturated heterocycles. The SMILES string of the molecule is CC(C)CC(O)CC1CCS(=O)(=O)C1. The van der Waals surface area contributed by atoms with Crippen LogP contribution in [0.4, 0.5) is 0 Å². The van der Waals surface area contributed by atoms with E-state index in [4.69, 9.17) is 0 Å². The molecule has 1 heterocycles. The zero-order valence-electron chi connectivity index (χ0n) is 8.94. The van der Waals surface area contributed by atoms with Crippen LogP contribution in [0.25, 0.3) is 0 Å². The highest BCUT2D eigenvalue weighted by Gasteiger charge is 2.29. The first kappa shape index (κ1) is 12.0. The summed E-state index contributed by atoms with van der Waals surface area (Å²) >= 11 is 0. The van der Waals surface area contributed by atoms with Gasteiger partial charge < -0.3 is 5.11 Å². The Balaban J connectivity index is 2.32. The molecule has 4 heteroatoms. The summed E-state index contributed by atoms with van der Waals surface area (Å²) in [5.41, 5.74) is 0. The number of aliphatic hydroxyl groups excluding tert-OH is 1. The van der Waals surface area contributed by atoms with Gasteiger partial charge >= 0.3 is 0 Å². The molecule has 0 aliphatic carbocycles. The van der Waals surface area contributed by atoms with Gasteiger partial charge in [-0.1, -0.05) is 13.8 Å². The fourth-order valence-corrected chi connectivity index (χ4v) is 3.96. The van der Waals surface area contributed by atoms with Gasteiger partial charge in [-0.15, -0.1) is 0 Å². The minimum Gasteiger partial charge on any atom is -0.393 e. The van der Waals surface area contributed by atoms with Crippen molar-refractivity contribution in [2.45, 2.75) is 39.2 Å². The first-order valence-electron chi connectivity index (χ1n) is 5.27.